The fraction of sp³-hybridized carbons (Fsp3) is 0.483. The summed E-state index contributed by atoms with van der Waals surface area (Å²) in [4.78, 5) is 23.7. The van der Waals surface area contributed by atoms with Crippen molar-refractivity contribution in [1.29, 1.82) is 0 Å². The van der Waals surface area contributed by atoms with Crippen LogP contribution < -0.4 is 0 Å². The number of carbonyl (C=O) groups is 1. The molecule has 3 aliphatic rings. The number of hydrogen-bond acceptors (Lipinski definition) is 3. The van der Waals surface area contributed by atoms with Gasteiger partial charge in [0.05, 0.1) is 6.04 Å². The Kier molecular flexibility index (Phi) is 6.15. The van der Waals surface area contributed by atoms with Gasteiger partial charge in [0.25, 0.3) is 0 Å². The summed E-state index contributed by atoms with van der Waals surface area (Å²) in [7, 11) is 0. The molecule has 0 spiro atoms. The number of likely N-dealkylation sites (tertiary alicyclic amines) is 1. The maximum Gasteiger partial charge on any atom is 0.321 e. The third-order valence-electron chi connectivity index (χ3n) is 8.46. The van der Waals surface area contributed by atoms with Crippen LogP contribution in [-0.2, 0) is 6.54 Å². The number of nitrogens with zero attached hydrogens (tertiary/aromatic N) is 3. The topological polar surface area (TPSA) is 62.8 Å². The number of aromatic nitrogens is 1. The number of carbonyl (C=O) groups excluding carboxylic acids is 1. The van der Waals surface area contributed by atoms with Crippen LogP contribution >= 0.6 is 0 Å². The molecular formula is C29H36N4O2. The molecule has 184 valence electrons. The van der Waals surface area contributed by atoms with Gasteiger partial charge in [-0.05, 0) is 48.9 Å². The van der Waals surface area contributed by atoms with Gasteiger partial charge in [-0.1, -0.05) is 55.7 Å². The van der Waals surface area contributed by atoms with Crippen molar-refractivity contribution in [2.45, 2.75) is 69.6 Å². The lowest BCUT2D eigenvalue weighted by Crippen LogP contribution is -2.48. The van der Waals surface area contributed by atoms with Crippen LogP contribution in [0, 0.1) is 0 Å². The molecule has 0 unspecified atom stereocenters. The van der Waals surface area contributed by atoms with E-state index in [0.717, 1.165) is 62.6 Å². The Labute approximate surface area is 207 Å². The monoisotopic (exact) mass is 472 g/mol. The lowest BCUT2D eigenvalue weighted by molar-refractivity contribution is 0.106. The van der Waals surface area contributed by atoms with Gasteiger partial charge in [-0.2, -0.15) is 0 Å². The van der Waals surface area contributed by atoms with Gasteiger partial charge in [-0.25, -0.2) is 4.79 Å². The number of benzene rings is 2. The van der Waals surface area contributed by atoms with Crippen molar-refractivity contribution < 1.29 is 9.90 Å². The molecule has 3 aromatic rings. The second-order valence-electron chi connectivity index (χ2n) is 10.6. The molecule has 1 atom stereocenters. The number of hydrogen-bond donors (Lipinski definition) is 2. The molecule has 2 aliphatic heterocycles. The van der Waals surface area contributed by atoms with Crippen LogP contribution in [0.15, 0.2) is 54.7 Å². The molecule has 0 bridgehead atoms. The molecule has 2 N–H and O–H groups in total. The van der Waals surface area contributed by atoms with E-state index in [0.29, 0.717) is 12.1 Å². The lowest BCUT2D eigenvalue weighted by Gasteiger charge is -2.39. The average Bonchev–Trinajstić information content (AvgIpc) is 3.45. The standard InChI is InChI=1S/C29H36N4O2/c34-28-26-12-11-21(17-23(26)18-30-28)19-31-15-13-25(14-16-31)33-27(22-7-3-1-4-8-22)20-32(29(33)35)24-9-5-2-6-10-24/h1,3-4,7-8,11-12,17-18,24-25,27,30,34H,2,5-6,9-10,13-16,19-20H2/t27-/m0/s1. The maximum atomic E-state index is 13.8. The summed E-state index contributed by atoms with van der Waals surface area (Å²) >= 11 is 0. The Morgan fingerprint density at radius 1 is 0.914 bits per heavy atom. The van der Waals surface area contributed by atoms with Crippen LogP contribution in [0.1, 0.15) is 62.1 Å². The second-order valence-corrected chi connectivity index (χ2v) is 10.6. The zero-order valence-electron chi connectivity index (χ0n) is 20.4. The molecule has 3 heterocycles. The number of nitrogens with one attached hydrogen (secondary N) is 1. The molecule has 35 heavy (non-hydrogen) atoms. The smallest absolute Gasteiger partial charge is 0.321 e. The van der Waals surface area contributed by atoms with Gasteiger partial charge < -0.3 is 19.9 Å². The number of piperidine rings is 1. The molecule has 2 aromatic carbocycles. The van der Waals surface area contributed by atoms with E-state index in [1.165, 1.54) is 30.4 Å². The number of H-pyrrole nitrogens is 1. The van der Waals surface area contributed by atoms with Crippen molar-refractivity contribution in [2.24, 2.45) is 0 Å². The molecule has 2 saturated heterocycles. The summed E-state index contributed by atoms with van der Waals surface area (Å²) in [6.07, 6.45) is 10.0. The summed E-state index contributed by atoms with van der Waals surface area (Å²) in [5.41, 5.74) is 2.53. The Bertz CT molecular complexity index is 1160. The number of fused-ring (bicyclic) bond motifs is 1. The Balaban J connectivity index is 1.15. The van der Waals surface area contributed by atoms with Crippen molar-refractivity contribution in [3.63, 3.8) is 0 Å². The van der Waals surface area contributed by atoms with E-state index in [-0.39, 0.29) is 18.0 Å². The highest BCUT2D eigenvalue weighted by atomic mass is 16.3. The Morgan fingerprint density at radius 2 is 1.69 bits per heavy atom. The van der Waals surface area contributed by atoms with Gasteiger partial charge in [0.2, 0.25) is 0 Å². The number of aromatic hydroxyl groups is 1. The van der Waals surface area contributed by atoms with Crippen LogP contribution in [0.5, 0.6) is 5.88 Å². The fourth-order valence-corrected chi connectivity index (χ4v) is 6.57. The highest BCUT2D eigenvalue weighted by Gasteiger charge is 2.45. The van der Waals surface area contributed by atoms with Crippen LogP contribution in [-0.4, -0.2) is 62.5 Å². The summed E-state index contributed by atoms with van der Waals surface area (Å²) in [6, 6.07) is 18.1. The number of aromatic amines is 1. The molecule has 3 fully saturated rings. The third-order valence-corrected chi connectivity index (χ3v) is 8.46. The molecule has 2 amide bonds. The minimum absolute atomic E-state index is 0.158. The van der Waals surface area contributed by atoms with E-state index in [9.17, 15) is 9.90 Å². The van der Waals surface area contributed by atoms with Crippen LogP contribution in [0.3, 0.4) is 0 Å². The second kappa shape index (κ2) is 9.57. The van der Waals surface area contributed by atoms with Crippen molar-refractivity contribution >= 4 is 16.8 Å². The average molecular weight is 473 g/mol. The van der Waals surface area contributed by atoms with E-state index in [1.807, 2.05) is 12.3 Å². The molecule has 6 heteroatoms. The van der Waals surface area contributed by atoms with Crippen molar-refractivity contribution in [3.8, 4) is 5.88 Å². The Morgan fingerprint density at radius 3 is 2.46 bits per heavy atom. The zero-order chi connectivity index (χ0) is 23.8. The highest BCUT2D eigenvalue weighted by molar-refractivity contribution is 5.87. The Hall–Kier alpha value is -2.99. The van der Waals surface area contributed by atoms with Crippen molar-refractivity contribution in [2.75, 3.05) is 19.6 Å². The zero-order valence-corrected chi connectivity index (χ0v) is 20.4. The van der Waals surface area contributed by atoms with Crippen molar-refractivity contribution in [3.05, 3.63) is 65.9 Å². The molecule has 1 aromatic heterocycles. The number of rotatable bonds is 5. The predicted molar refractivity (Wildman–Crippen MR) is 138 cm³/mol. The minimum Gasteiger partial charge on any atom is -0.494 e. The highest BCUT2D eigenvalue weighted by Crippen LogP contribution is 2.38. The number of amides is 2. The molecule has 6 nitrogen and oxygen atoms in total. The first-order valence-electron chi connectivity index (χ1n) is 13.3. The van der Waals surface area contributed by atoms with E-state index in [2.05, 4.69) is 62.1 Å². The van der Waals surface area contributed by atoms with Gasteiger partial charge in [-0.3, -0.25) is 4.90 Å². The molecule has 1 saturated carbocycles. The van der Waals surface area contributed by atoms with Crippen LogP contribution in [0.2, 0.25) is 0 Å². The predicted octanol–water partition coefficient (Wildman–Crippen LogP) is 5.65. The van der Waals surface area contributed by atoms with Gasteiger partial charge in [0, 0.05) is 55.2 Å². The molecular weight excluding hydrogens is 436 g/mol. The minimum atomic E-state index is 0.158. The van der Waals surface area contributed by atoms with E-state index < -0.39 is 0 Å². The van der Waals surface area contributed by atoms with Gasteiger partial charge in [0.1, 0.15) is 0 Å². The first-order valence-corrected chi connectivity index (χ1v) is 13.3. The van der Waals surface area contributed by atoms with Crippen molar-refractivity contribution in [1.82, 2.24) is 19.7 Å². The first-order chi connectivity index (χ1) is 17.2. The largest absolute Gasteiger partial charge is 0.494 e. The summed E-state index contributed by atoms with van der Waals surface area (Å²) < 4.78 is 0. The van der Waals surface area contributed by atoms with Gasteiger partial charge in [0.15, 0.2) is 5.88 Å². The summed E-state index contributed by atoms with van der Waals surface area (Å²) in [5, 5.41) is 11.8. The summed E-state index contributed by atoms with van der Waals surface area (Å²) in [5.74, 6) is 0.234. The molecule has 6 rings (SSSR count). The molecule has 1 aliphatic carbocycles. The van der Waals surface area contributed by atoms with Crippen LogP contribution in [0.4, 0.5) is 4.79 Å². The first kappa shape index (κ1) is 22.5. The summed E-state index contributed by atoms with van der Waals surface area (Å²) in [6.45, 7) is 3.72. The van der Waals surface area contributed by atoms with E-state index >= 15 is 0 Å². The van der Waals surface area contributed by atoms with Gasteiger partial charge in [-0.15, -0.1) is 0 Å². The van der Waals surface area contributed by atoms with Gasteiger partial charge >= 0.3 is 6.03 Å². The lowest BCUT2D eigenvalue weighted by atomic mass is 9.94. The van der Waals surface area contributed by atoms with E-state index in [4.69, 9.17) is 0 Å². The van der Waals surface area contributed by atoms with E-state index in [1.54, 1.807) is 0 Å². The molecule has 0 radical (unpaired) electrons. The quantitative estimate of drug-likeness (QED) is 0.504. The fourth-order valence-electron chi connectivity index (χ4n) is 6.57. The maximum absolute atomic E-state index is 13.8. The number of urea groups is 1. The normalized spacial score (nSPS) is 23.0. The third kappa shape index (κ3) is 4.40. The SMILES string of the molecule is O=C1N(C2CCCCC2)C[C@@H](c2ccccc2)N1C1CCN(Cc2ccc3c(O)[nH]cc3c2)CC1. The van der Waals surface area contributed by atoms with Crippen LogP contribution in [0.25, 0.3) is 10.8 Å².